The second-order valence-electron chi connectivity index (χ2n) is 4.94. The molecule has 4 N–H and O–H groups in total. The Morgan fingerprint density at radius 3 is 2.39 bits per heavy atom. The van der Waals surface area contributed by atoms with Crippen molar-refractivity contribution >= 4 is 33.3 Å². The van der Waals surface area contributed by atoms with Crippen LogP contribution in [0.4, 0.5) is 10.5 Å². The van der Waals surface area contributed by atoms with Crippen LogP contribution >= 0.6 is 11.6 Å². The molecule has 0 aromatic heterocycles. The lowest BCUT2D eigenvalue weighted by atomic mass is 10.1. The van der Waals surface area contributed by atoms with Crippen LogP contribution in [0, 0.1) is 0 Å². The normalized spacial score (nSPS) is 12.5. The molecule has 0 bridgehead atoms. The second kappa shape index (κ2) is 6.99. The molecule has 8 heteroatoms. The quantitative estimate of drug-likeness (QED) is 0.787. The van der Waals surface area contributed by atoms with Crippen LogP contribution in [0.1, 0.15) is 18.5 Å². The van der Waals surface area contributed by atoms with Gasteiger partial charge in [0.15, 0.2) is 0 Å². The minimum Gasteiger partial charge on any atom is -0.331 e. The Balaban J connectivity index is 2.01. The van der Waals surface area contributed by atoms with Crippen molar-refractivity contribution in [1.29, 1.82) is 0 Å². The molecule has 0 aliphatic heterocycles. The van der Waals surface area contributed by atoms with Crippen LogP contribution in [0.5, 0.6) is 0 Å². The third-order valence-electron chi connectivity index (χ3n) is 3.14. The van der Waals surface area contributed by atoms with Crippen molar-refractivity contribution in [2.75, 3.05) is 5.32 Å². The molecule has 1 atom stereocenters. The lowest BCUT2D eigenvalue weighted by Gasteiger charge is -2.15. The van der Waals surface area contributed by atoms with E-state index in [1.54, 1.807) is 43.3 Å². The number of benzene rings is 2. The Hall–Kier alpha value is -2.09. The summed E-state index contributed by atoms with van der Waals surface area (Å²) in [6, 6.07) is 12.1. The zero-order valence-corrected chi connectivity index (χ0v) is 13.9. The molecule has 0 radical (unpaired) electrons. The molecule has 23 heavy (non-hydrogen) atoms. The first-order chi connectivity index (χ1) is 10.8. The SMILES string of the molecule is CC(NC(=O)Nc1cccc(Cl)c1)c1ccc(S(N)(=O)=O)cc1. The van der Waals surface area contributed by atoms with E-state index in [2.05, 4.69) is 10.6 Å². The topological polar surface area (TPSA) is 101 Å². The van der Waals surface area contributed by atoms with Crippen LogP contribution in [0.3, 0.4) is 0 Å². The molecule has 0 aliphatic rings. The molecule has 2 aromatic rings. The van der Waals surface area contributed by atoms with Crippen LogP contribution in [0.2, 0.25) is 5.02 Å². The Labute approximate surface area is 139 Å². The maximum atomic E-state index is 12.0. The number of rotatable bonds is 4. The fraction of sp³-hybridized carbons (Fsp3) is 0.133. The number of urea groups is 1. The van der Waals surface area contributed by atoms with Crippen LogP contribution in [0.25, 0.3) is 0 Å². The van der Waals surface area contributed by atoms with E-state index in [-0.39, 0.29) is 10.9 Å². The number of carbonyl (C=O) groups excluding carboxylic acids is 1. The monoisotopic (exact) mass is 353 g/mol. The van der Waals surface area contributed by atoms with Gasteiger partial charge >= 0.3 is 6.03 Å². The van der Waals surface area contributed by atoms with E-state index in [9.17, 15) is 13.2 Å². The predicted octanol–water partition coefficient (Wildman–Crippen LogP) is 2.87. The number of anilines is 1. The van der Waals surface area contributed by atoms with Crippen molar-refractivity contribution in [1.82, 2.24) is 5.32 Å². The molecule has 1 unspecified atom stereocenters. The Morgan fingerprint density at radius 2 is 1.83 bits per heavy atom. The van der Waals surface area contributed by atoms with Crippen molar-refractivity contribution in [3.05, 3.63) is 59.1 Å². The van der Waals surface area contributed by atoms with Gasteiger partial charge in [0.05, 0.1) is 10.9 Å². The van der Waals surface area contributed by atoms with Gasteiger partial charge in [-0.15, -0.1) is 0 Å². The Bertz CT molecular complexity index is 807. The smallest absolute Gasteiger partial charge is 0.319 e. The van der Waals surface area contributed by atoms with Crippen molar-refractivity contribution in [3.8, 4) is 0 Å². The highest BCUT2D eigenvalue weighted by atomic mass is 35.5. The molecule has 0 aliphatic carbocycles. The van der Waals surface area contributed by atoms with Gasteiger partial charge in [0.2, 0.25) is 10.0 Å². The Kier molecular flexibility index (Phi) is 5.25. The molecular weight excluding hydrogens is 338 g/mol. The molecule has 2 rings (SSSR count). The zero-order valence-electron chi connectivity index (χ0n) is 12.3. The standard InChI is InChI=1S/C15H16ClN3O3S/c1-10(11-5-7-14(8-6-11)23(17,21)22)18-15(20)19-13-4-2-3-12(16)9-13/h2-10H,1H3,(H2,17,21,22)(H2,18,19,20). The lowest BCUT2D eigenvalue weighted by molar-refractivity contribution is 0.249. The van der Waals surface area contributed by atoms with Gasteiger partial charge in [-0.3, -0.25) is 0 Å². The van der Waals surface area contributed by atoms with Gasteiger partial charge in [0.1, 0.15) is 0 Å². The molecule has 0 saturated heterocycles. The molecule has 2 aromatic carbocycles. The fourth-order valence-electron chi connectivity index (χ4n) is 1.96. The minimum atomic E-state index is -3.73. The molecule has 0 heterocycles. The Morgan fingerprint density at radius 1 is 1.17 bits per heavy atom. The highest BCUT2D eigenvalue weighted by Crippen LogP contribution is 2.17. The van der Waals surface area contributed by atoms with E-state index in [1.165, 1.54) is 12.1 Å². The van der Waals surface area contributed by atoms with E-state index in [0.29, 0.717) is 10.7 Å². The minimum absolute atomic E-state index is 0.0248. The van der Waals surface area contributed by atoms with E-state index < -0.39 is 16.1 Å². The molecule has 6 nitrogen and oxygen atoms in total. The number of carbonyl (C=O) groups is 1. The average molecular weight is 354 g/mol. The third kappa shape index (κ3) is 4.95. The number of nitrogens with two attached hydrogens (primary N) is 1. The van der Waals surface area contributed by atoms with E-state index in [4.69, 9.17) is 16.7 Å². The predicted molar refractivity (Wildman–Crippen MR) is 89.8 cm³/mol. The number of primary sulfonamides is 1. The first kappa shape index (κ1) is 17.3. The van der Waals surface area contributed by atoms with Crippen molar-refractivity contribution in [3.63, 3.8) is 0 Å². The van der Waals surface area contributed by atoms with Gasteiger partial charge in [-0.25, -0.2) is 18.4 Å². The van der Waals surface area contributed by atoms with Crippen molar-refractivity contribution in [2.24, 2.45) is 5.14 Å². The summed E-state index contributed by atoms with van der Waals surface area (Å²) in [4.78, 5) is 12.0. The summed E-state index contributed by atoms with van der Waals surface area (Å²) in [6.07, 6.45) is 0. The maximum Gasteiger partial charge on any atom is 0.319 e. The number of hydrogen-bond donors (Lipinski definition) is 3. The fourth-order valence-corrected chi connectivity index (χ4v) is 2.67. The lowest BCUT2D eigenvalue weighted by Crippen LogP contribution is -2.31. The average Bonchev–Trinajstić information content (AvgIpc) is 2.46. The first-order valence-corrected chi connectivity index (χ1v) is 8.64. The van der Waals surface area contributed by atoms with E-state index >= 15 is 0 Å². The highest BCUT2D eigenvalue weighted by molar-refractivity contribution is 7.89. The van der Waals surface area contributed by atoms with Crippen LogP contribution in [-0.4, -0.2) is 14.4 Å². The van der Waals surface area contributed by atoms with Gasteiger partial charge in [0.25, 0.3) is 0 Å². The summed E-state index contributed by atoms with van der Waals surface area (Å²) in [5.41, 5.74) is 1.32. The summed E-state index contributed by atoms with van der Waals surface area (Å²) in [5, 5.41) is 11.0. The molecular formula is C15H16ClN3O3S. The summed E-state index contributed by atoms with van der Waals surface area (Å²) >= 11 is 5.85. The highest BCUT2D eigenvalue weighted by Gasteiger charge is 2.12. The zero-order chi connectivity index (χ0) is 17.0. The van der Waals surface area contributed by atoms with E-state index in [0.717, 1.165) is 5.56 Å². The number of nitrogens with one attached hydrogen (secondary N) is 2. The van der Waals surface area contributed by atoms with Gasteiger partial charge in [0, 0.05) is 10.7 Å². The summed E-state index contributed by atoms with van der Waals surface area (Å²) in [5.74, 6) is 0. The van der Waals surface area contributed by atoms with Crippen molar-refractivity contribution in [2.45, 2.75) is 17.9 Å². The number of amides is 2. The van der Waals surface area contributed by atoms with Crippen LogP contribution in [-0.2, 0) is 10.0 Å². The number of sulfonamides is 1. The summed E-state index contributed by atoms with van der Waals surface area (Å²) < 4.78 is 22.4. The van der Waals surface area contributed by atoms with Gasteiger partial charge in [-0.2, -0.15) is 0 Å². The first-order valence-electron chi connectivity index (χ1n) is 6.71. The molecule has 0 fully saturated rings. The maximum absolute atomic E-state index is 12.0. The van der Waals surface area contributed by atoms with Gasteiger partial charge in [-0.1, -0.05) is 29.8 Å². The van der Waals surface area contributed by atoms with Crippen LogP contribution < -0.4 is 15.8 Å². The van der Waals surface area contributed by atoms with Crippen LogP contribution in [0.15, 0.2) is 53.4 Å². The van der Waals surface area contributed by atoms with Gasteiger partial charge < -0.3 is 10.6 Å². The second-order valence-corrected chi connectivity index (χ2v) is 6.94. The number of hydrogen-bond acceptors (Lipinski definition) is 3. The van der Waals surface area contributed by atoms with Crippen molar-refractivity contribution < 1.29 is 13.2 Å². The molecule has 122 valence electrons. The molecule has 0 saturated carbocycles. The summed E-state index contributed by atoms with van der Waals surface area (Å²) in [7, 11) is -3.73. The van der Waals surface area contributed by atoms with E-state index in [1.807, 2.05) is 0 Å². The summed E-state index contributed by atoms with van der Waals surface area (Å²) in [6.45, 7) is 1.78. The largest absolute Gasteiger partial charge is 0.331 e. The molecule has 0 spiro atoms. The number of halogens is 1. The third-order valence-corrected chi connectivity index (χ3v) is 4.30. The molecule has 2 amide bonds. The van der Waals surface area contributed by atoms with Gasteiger partial charge in [-0.05, 0) is 42.8 Å².